The number of pyridine rings is 1. The Morgan fingerprint density at radius 3 is 2.26 bits per heavy atom. The van der Waals surface area contributed by atoms with Crippen LogP contribution in [-0.2, 0) is 16.4 Å². The third kappa shape index (κ3) is 3.82. The van der Waals surface area contributed by atoms with Gasteiger partial charge in [0.15, 0.2) is 0 Å². The third-order valence-electron chi connectivity index (χ3n) is 5.82. The lowest BCUT2D eigenvalue weighted by molar-refractivity contribution is 0.250. The van der Waals surface area contributed by atoms with Crippen LogP contribution in [0.4, 0.5) is 5.69 Å². The first-order valence-corrected chi connectivity index (χ1v) is 11.9. The number of nitrogens with one attached hydrogen (secondary N) is 1. The van der Waals surface area contributed by atoms with E-state index in [0.717, 1.165) is 38.4 Å². The Labute approximate surface area is 182 Å². The van der Waals surface area contributed by atoms with Gasteiger partial charge in [0.2, 0.25) is 9.84 Å². The fourth-order valence-electron chi connectivity index (χ4n) is 4.20. The number of anilines is 1. The number of rotatable bonds is 5. The fourth-order valence-corrected chi connectivity index (χ4v) is 5.65. The van der Waals surface area contributed by atoms with Crippen LogP contribution >= 0.6 is 0 Å². The molecule has 31 heavy (non-hydrogen) atoms. The van der Waals surface area contributed by atoms with Gasteiger partial charge in [-0.05, 0) is 23.8 Å². The van der Waals surface area contributed by atoms with E-state index in [1.807, 2.05) is 18.2 Å². The minimum atomic E-state index is -3.64. The van der Waals surface area contributed by atoms with Gasteiger partial charge in [0, 0.05) is 45.1 Å². The zero-order valence-corrected chi connectivity index (χ0v) is 17.9. The van der Waals surface area contributed by atoms with Gasteiger partial charge in [-0.2, -0.15) is 0 Å². The molecule has 0 amide bonds. The Bertz CT molecular complexity index is 1280. The van der Waals surface area contributed by atoms with Crippen molar-refractivity contribution in [2.75, 3.05) is 31.1 Å². The predicted molar refractivity (Wildman–Crippen MR) is 122 cm³/mol. The highest BCUT2D eigenvalue weighted by Crippen LogP contribution is 2.34. The number of hydrogen-bond acceptors (Lipinski definition) is 5. The number of H-pyrrole nitrogens is 1. The summed E-state index contributed by atoms with van der Waals surface area (Å²) < 4.78 is 26.6. The monoisotopic (exact) mass is 432 g/mol. The average Bonchev–Trinajstić information content (AvgIpc) is 3.26. The van der Waals surface area contributed by atoms with Crippen molar-refractivity contribution in [3.63, 3.8) is 0 Å². The first-order chi connectivity index (χ1) is 15.1. The first kappa shape index (κ1) is 19.8. The van der Waals surface area contributed by atoms with Gasteiger partial charge >= 0.3 is 0 Å². The van der Waals surface area contributed by atoms with E-state index in [2.05, 4.69) is 44.0 Å². The lowest BCUT2D eigenvalue weighted by atomic mass is 10.2. The zero-order valence-electron chi connectivity index (χ0n) is 17.1. The second-order valence-corrected chi connectivity index (χ2v) is 9.69. The summed E-state index contributed by atoms with van der Waals surface area (Å²) in [5, 5.41) is 0.669. The van der Waals surface area contributed by atoms with Gasteiger partial charge in [-0.1, -0.05) is 48.5 Å². The third-order valence-corrected chi connectivity index (χ3v) is 7.61. The van der Waals surface area contributed by atoms with Gasteiger partial charge in [0.1, 0.15) is 10.5 Å². The molecule has 1 fully saturated rings. The standard InChI is InChI=1S/C24H24N4O2S/c29-31(30,20-9-5-2-6-10-20)22-17-26-24-23(22)21(11-12-25-24)28-15-13-27(14-16-28)18-19-7-3-1-4-8-19/h1-12,17H,13-16,18H2,(H,25,26). The summed E-state index contributed by atoms with van der Waals surface area (Å²) in [6, 6.07) is 21.0. The maximum absolute atomic E-state index is 13.3. The molecule has 3 heterocycles. The van der Waals surface area contributed by atoms with Crippen LogP contribution in [0.1, 0.15) is 5.56 Å². The van der Waals surface area contributed by atoms with Crippen LogP contribution in [0.15, 0.2) is 88.9 Å². The van der Waals surface area contributed by atoms with E-state index in [9.17, 15) is 8.42 Å². The van der Waals surface area contributed by atoms with E-state index in [0.29, 0.717) is 15.9 Å². The highest BCUT2D eigenvalue weighted by atomic mass is 32.2. The Morgan fingerprint density at radius 1 is 0.871 bits per heavy atom. The van der Waals surface area contributed by atoms with Crippen molar-refractivity contribution in [2.24, 2.45) is 0 Å². The number of aromatic nitrogens is 2. The maximum Gasteiger partial charge on any atom is 0.208 e. The summed E-state index contributed by atoms with van der Waals surface area (Å²) in [6.45, 7) is 4.44. The van der Waals surface area contributed by atoms with Crippen LogP contribution < -0.4 is 4.90 Å². The molecule has 6 nitrogen and oxygen atoms in total. The molecular formula is C24H24N4O2S. The predicted octanol–water partition coefficient (Wildman–Crippen LogP) is 3.72. The van der Waals surface area contributed by atoms with Gasteiger partial charge in [-0.25, -0.2) is 13.4 Å². The number of sulfone groups is 1. The van der Waals surface area contributed by atoms with E-state index in [1.165, 1.54) is 5.56 Å². The van der Waals surface area contributed by atoms with Crippen molar-refractivity contribution in [2.45, 2.75) is 16.3 Å². The smallest absolute Gasteiger partial charge is 0.208 e. The van der Waals surface area contributed by atoms with Crippen molar-refractivity contribution >= 4 is 26.6 Å². The van der Waals surface area contributed by atoms with Crippen LogP contribution in [0.25, 0.3) is 11.0 Å². The van der Waals surface area contributed by atoms with E-state index in [4.69, 9.17) is 0 Å². The molecule has 1 aliphatic rings. The second kappa shape index (κ2) is 8.17. The number of aromatic amines is 1. The molecule has 2 aromatic heterocycles. The molecule has 0 spiro atoms. The average molecular weight is 433 g/mol. The lowest BCUT2D eigenvalue weighted by Crippen LogP contribution is -2.46. The number of benzene rings is 2. The summed E-state index contributed by atoms with van der Waals surface area (Å²) >= 11 is 0. The summed E-state index contributed by atoms with van der Waals surface area (Å²) in [6.07, 6.45) is 3.30. The molecule has 0 atom stereocenters. The minimum absolute atomic E-state index is 0.281. The molecular weight excluding hydrogens is 408 g/mol. The summed E-state index contributed by atoms with van der Waals surface area (Å²) in [5.41, 5.74) is 2.82. The molecule has 2 aromatic carbocycles. The quantitative estimate of drug-likeness (QED) is 0.521. The molecule has 4 aromatic rings. The van der Waals surface area contributed by atoms with E-state index >= 15 is 0 Å². The molecule has 0 bridgehead atoms. The van der Waals surface area contributed by atoms with Crippen LogP contribution in [0, 0.1) is 0 Å². The summed E-state index contributed by atoms with van der Waals surface area (Å²) in [4.78, 5) is 12.7. The molecule has 1 N–H and O–H groups in total. The van der Waals surface area contributed by atoms with Crippen molar-refractivity contribution in [1.29, 1.82) is 0 Å². The van der Waals surface area contributed by atoms with Crippen molar-refractivity contribution in [1.82, 2.24) is 14.9 Å². The number of fused-ring (bicyclic) bond motifs is 1. The molecule has 5 rings (SSSR count). The molecule has 0 radical (unpaired) electrons. The summed E-state index contributed by atoms with van der Waals surface area (Å²) in [7, 11) is -3.64. The van der Waals surface area contributed by atoms with Crippen molar-refractivity contribution < 1.29 is 8.42 Å². The largest absolute Gasteiger partial charge is 0.368 e. The number of hydrogen-bond donors (Lipinski definition) is 1. The molecule has 1 aliphatic heterocycles. The van der Waals surface area contributed by atoms with Crippen LogP contribution in [0.5, 0.6) is 0 Å². The lowest BCUT2D eigenvalue weighted by Gasteiger charge is -2.36. The highest BCUT2D eigenvalue weighted by Gasteiger charge is 2.26. The Morgan fingerprint density at radius 2 is 1.55 bits per heavy atom. The number of nitrogens with zero attached hydrogens (tertiary/aromatic N) is 3. The molecule has 0 aliphatic carbocycles. The van der Waals surface area contributed by atoms with Crippen molar-refractivity contribution in [3.8, 4) is 0 Å². The summed E-state index contributed by atoms with van der Waals surface area (Å²) in [5.74, 6) is 0. The van der Waals surface area contributed by atoms with Gasteiger partial charge in [0.25, 0.3) is 0 Å². The van der Waals surface area contributed by atoms with E-state index in [-0.39, 0.29) is 4.90 Å². The van der Waals surface area contributed by atoms with Crippen LogP contribution in [0.2, 0.25) is 0 Å². The van der Waals surface area contributed by atoms with Crippen LogP contribution in [-0.4, -0.2) is 49.5 Å². The molecule has 0 saturated carbocycles. The van der Waals surface area contributed by atoms with Crippen molar-refractivity contribution in [3.05, 3.63) is 84.7 Å². The highest BCUT2D eigenvalue weighted by molar-refractivity contribution is 7.91. The zero-order chi connectivity index (χ0) is 21.3. The Balaban J connectivity index is 1.43. The number of piperazine rings is 1. The van der Waals surface area contributed by atoms with Gasteiger partial charge in [-0.15, -0.1) is 0 Å². The Hall–Kier alpha value is -3.16. The molecule has 158 valence electrons. The van der Waals surface area contributed by atoms with E-state index < -0.39 is 9.84 Å². The molecule has 0 unspecified atom stereocenters. The maximum atomic E-state index is 13.3. The first-order valence-electron chi connectivity index (χ1n) is 10.4. The second-order valence-electron chi connectivity index (χ2n) is 7.77. The minimum Gasteiger partial charge on any atom is -0.368 e. The van der Waals surface area contributed by atoms with Gasteiger partial charge < -0.3 is 9.88 Å². The fraction of sp³-hybridized carbons (Fsp3) is 0.208. The SMILES string of the molecule is O=S(=O)(c1ccccc1)c1c[nH]c2nccc(N3CCN(Cc4ccccc4)CC3)c12. The Kier molecular flexibility index (Phi) is 5.21. The van der Waals surface area contributed by atoms with Gasteiger partial charge in [-0.3, -0.25) is 4.90 Å². The molecule has 1 saturated heterocycles. The topological polar surface area (TPSA) is 69.3 Å². The molecule has 7 heteroatoms. The van der Waals surface area contributed by atoms with E-state index in [1.54, 1.807) is 36.7 Å². The normalized spacial score (nSPS) is 15.4. The van der Waals surface area contributed by atoms with Gasteiger partial charge in [0.05, 0.1) is 16.0 Å². The van der Waals surface area contributed by atoms with Crippen LogP contribution in [0.3, 0.4) is 0 Å².